The molecule has 0 saturated heterocycles. The number of aryl methyl sites for hydroxylation is 3. The van der Waals surface area contributed by atoms with Crippen molar-refractivity contribution in [3.05, 3.63) is 52.7 Å². The molecule has 2 heteroatoms. The maximum absolute atomic E-state index is 4.79. The lowest BCUT2D eigenvalue weighted by Crippen LogP contribution is -2.15. The predicted molar refractivity (Wildman–Crippen MR) is 90.5 cm³/mol. The molecule has 0 bridgehead atoms. The van der Waals surface area contributed by atoms with Crippen LogP contribution in [0.2, 0.25) is 0 Å². The zero-order valence-electron chi connectivity index (χ0n) is 13.7. The number of rotatable bonds is 6. The van der Waals surface area contributed by atoms with Gasteiger partial charge in [-0.2, -0.15) is 0 Å². The first-order valence-corrected chi connectivity index (χ1v) is 7.86. The van der Waals surface area contributed by atoms with Gasteiger partial charge in [0.05, 0.1) is 5.69 Å². The minimum atomic E-state index is 0.909. The summed E-state index contributed by atoms with van der Waals surface area (Å²) in [4.78, 5) is 4.79. The van der Waals surface area contributed by atoms with Crippen LogP contribution in [-0.2, 0) is 6.54 Å². The topological polar surface area (TPSA) is 24.9 Å². The maximum Gasteiger partial charge on any atom is 0.0708 e. The molecule has 0 fully saturated rings. The molecular weight excluding hydrogens is 256 g/mol. The number of aromatic nitrogens is 1. The van der Waals surface area contributed by atoms with E-state index in [9.17, 15) is 0 Å². The van der Waals surface area contributed by atoms with Crippen molar-refractivity contribution in [3.8, 4) is 11.3 Å². The zero-order valence-corrected chi connectivity index (χ0v) is 13.7. The highest BCUT2D eigenvalue weighted by Crippen LogP contribution is 2.23. The Hall–Kier alpha value is -1.67. The van der Waals surface area contributed by atoms with Gasteiger partial charge in [0.25, 0.3) is 0 Å². The van der Waals surface area contributed by atoms with Gasteiger partial charge in [-0.15, -0.1) is 0 Å². The van der Waals surface area contributed by atoms with Gasteiger partial charge < -0.3 is 5.32 Å². The highest BCUT2D eigenvalue weighted by molar-refractivity contribution is 5.64. The molecule has 0 aliphatic rings. The predicted octanol–water partition coefficient (Wildman–Crippen LogP) is 4.56. The van der Waals surface area contributed by atoms with Crippen molar-refractivity contribution in [3.63, 3.8) is 0 Å². The minimum absolute atomic E-state index is 0.909. The summed E-state index contributed by atoms with van der Waals surface area (Å²) in [6, 6.07) is 10.9. The summed E-state index contributed by atoms with van der Waals surface area (Å²) in [6.45, 7) is 10.6. The van der Waals surface area contributed by atoms with Gasteiger partial charge in [0.2, 0.25) is 0 Å². The van der Waals surface area contributed by atoms with Crippen LogP contribution in [0.25, 0.3) is 11.3 Å². The SMILES string of the molecule is CCCCNCc1ccc(-c2ccc(C)cc2C)nc1C. The minimum Gasteiger partial charge on any atom is -0.313 e. The van der Waals surface area contributed by atoms with E-state index < -0.39 is 0 Å². The van der Waals surface area contributed by atoms with E-state index in [1.165, 1.54) is 35.1 Å². The number of pyridine rings is 1. The van der Waals surface area contributed by atoms with E-state index in [1.807, 2.05) is 0 Å². The van der Waals surface area contributed by atoms with Crippen molar-refractivity contribution < 1.29 is 0 Å². The average Bonchev–Trinajstić information content (AvgIpc) is 2.45. The van der Waals surface area contributed by atoms with Gasteiger partial charge >= 0.3 is 0 Å². The van der Waals surface area contributed by atoms with Gasteiger partial charge in [-0.05, 0) is 50.9 Å². The number of hydrogen-bond acceptors (Lipinski definition) is 2. The molecule has 112 valence electrons. The van der Waals surface area contributed by atoms with Crippen molar-refractivity contribution in [1.29, 1.82) is 0 Å². The second-order valence-corrected chi connectivity index (χ2v) is 5.79. The van der Waals surface area contributed by atoms with Crippen molar-refractivity contribution in [2.24, 2.45) is 0 Å². The molecule has 1 aromatic carbocycles. The number of nitrogens with one attached hydrogen (secondary N) is 1. The molecule has 0 saturated carbocycles. The lowest BCUT2D eigenvalue weighted by atomic mass is 10.0. The highest BCUT2D eigenvalue weighted by Gasteiger charge is 2.06. The van der Waals surface area contributed by atoms with Gasteiger partial charge in [0.15, 0.2) is 0 Å². The van der Waals surface area contributed by atoms with E-state index in [0.29, 0.717) is 0 Å². The van der Waals surface area contributed by atoms with Crippen LogP contribution in [0, 0.1) is 20.8 Å². The second kappa shape index (κ2) is 7.37. The van der Waals surface area contributed by atoms with Gasteiger partial charge in [-0.25, -0.2) is 0 Å². The molecule has 2 aromatic rings. The number of nitrogens with zero attached hydrogens (tertiary/aromatic N) is 1. The molecule has 1 aromatic heterocycles. The largest absolute Gasteiger partial charge is 0.313 e. The van der Waals surface area contributed by atoms with Crippen LogP contribution < -0.4 is 5.32 Å². The zero-order chi connectivity index (χ0) is 15.2. The fourth-order valence-corrected chi connectivity index (χ4v) is 2.55. The first kappa shape index (κ1) is 15.7. The van der Waals surface area contributed by atoms with E-state index >= 15 is 0 Å². The Morgan fingerprint density at radius 1 is 1.05 bits per heavy atom. The van der Waals surface area contributed by atoms with E-state index in [4.69, 9.17) is 4.98 Å². The average molecular weight is 282 g/mol. The molecular formula is C19H26N2. The molecule has 0 unspecified atom stereocenters. The summed E-state index contributed by atoms with van der Waals surface area (Å²) in [5.41, 5.74) is 7.30. The Labute approximate surface area is 128 Å². The van der Waals surface area contributed by atoms with Crippen LogP contribution in [0.4, 0.5) is 0 Å². The van der Waals surface area contributed by atoms with Gasteiger partial charge in [0.1, 0.15) is 0 Å². The van der Waals surface area contributed by atoms with E-state index in [0.717, 1.165) is 24.5 Å². The second-order valence-electron chi connectivity index (χ2n) is 5.79. The molecule has 0 atom stereocenters. The van der Waals surface area contributed by atoms with Crippen LogP contribution in [-0.4, -0.2) is 11.5 Å². The summed E-state index contributed by atoms with van der Waals surface area (Å²) in [5, 5.41) is 3.48. The molecule has 0 aliphatic heterocycles. The van der Waals surface area contributed by atoms with Gasteiger partial charge in [-0.3, -0.25) is 4.98 Å². The number of benzene rings is 1. The fourth-order valence-electron chi connectivity index (χ4n) is 2.55. The van der Waals surface area contributed by atoms with E-state index in [-0.39, 0.29) is 0 Å². The van der Waals surface area contributed by atoms with Crippen molar-refractivity contribution in [2.45, 2.75) is 47.1 Å². The Morgan fingerprint density at radius 3 is 2.52 bits per heavy atom. The monoisotopic (exact) mass is 282 g/mol. The Bertz CT molecular complexity index is 603. The fraction of sp³-hybridized carbons (Fsp3) is 0.421. The smallest absolute Gasteiger partial charge is 0.0708 e. The van der Waals surface area contributed by atoms with Crippen molar-refractivity contribution >= 4 is 0 Å². The Kier molecular flexibility index (Phi) is 5.51. The Balaban J connectivity index is 2.14. The lowest BCUT2D eigenvalue weighted by molar-refractivity contribution is 0.638. The third-order valence-corrected chi connectivity index (χ3v) is 3.88. The normalized spacial score (nSPS) is 10.9. The maximum atomic E-state index is 4.79. The molecule has 0 aliphatic carbocycles. The van der Waals surface area contributed by atoms with E-state index in [1.54, 1.807) is 0 Å². The van der Waals surface area contributed by atoms with Gasteiger partial charge in [0, 0.05) is 17.8 Å². The molecule has 0 radical (unpaired) electrons. The van der Waals surface area contributed by atoms with Crippen molar-refractivity contribution in [1.82, 2.24) is 10.3 Å². The third-order valence-electron chi connectivity index (χ3n) is 3.88. The van der Waals surface area contributed by atoms with Crippen molar-refractivity contribution in [2.75, 3.05) is 6.54 Å². The van der Waals surface area contributed by atoms with Crippen LogP contribution in [0.3, 0.4) is 0 Å². The van der Waals surface area contributed by atoms with Crippen LogP contribution in [0.1, 0.15) is 42.1 Å². The van der Waals surface area contributed by atoms with Crippen LogP contribution in [0.5, 0.6) is 0 Å². The lowest BCUT2D eigenvalue weighted by Gasteiger charge is -2.11. The van der Waals surface area contributed by atoms with Crippen LogP contribution in [0.15, 0.2) is 30.3 Å². The van der Waals surface area contributed by atoms with Crippen LogP contribution >= 0.6 is 0 Å². The summed E-state index contributed by atoms with van der Waals surface area (Å²) in [5.74, 6) is 0. The van der Waals surface area contributed by atoms with Gasteiger partial charge in [-0.1, -0.05) is 43.2 Å². The quantitative estimate of drug-likeness (QED) is 0.785. The summed E-state index contributed by atoms with van der Waals surface area (Å²) in [6.07, 6.45) is 2.46. The first-order valence-electron chi connectivity index (χ1n) is 7.86. The molecule has 0 spiro atoms. The summed E-state index contributed by atoms with van der Waals surface area (Å²) in [7, 11) is 0. The Morgan fingerprint density at radius 2 is 1.86 bits per heavy atom. The molecule has 21 heavy (non-hydrogen) atoms. The summed E-state index contributed by atoms with van der Waals surface area (Å²) >= 11 is 0. The highest BCUT2D eigenvalue weighted by atomic mass is 14.9. The molecule has 0 amide bonds. The molecule has 1 N–H and O–H groups in total. The first-order chi connectivity index (χ1) is 10.1. The third kappa shape index (κ3) is 4.15. The molecule has 1 heterocycles. The molecule has 2 rings (SSSR count). The molecule has 2 nitrogen and oxygen atoms in total. The van der Waals surface area contributed by atoms with E-state index in [2.05, 4.69) is 63.3 Å². The number of unbranched alkanes of at least 4 members (excludes halogenated alkanes) is 1. The standard InChI is InChI=1S/C19H26N2/c1-5-6-11-20-13-17-8-10-19(21-16(17)4)18-9-7-14(2)12-15(18)3/h7-10,12,20H,5-6,11,13H2,1-4H3. The number of hydrogen-bond donors (Lipinski definition) is 1. The summed E-state index contributed by atoms with van der Waals surface area (Å²) < 4.78 is 0.